The molecule has 0 saturated heterocycles. The van der Waals surface area contributed by atoms with Gasteiger partial charge in [0, 0.05) is 12.2 Å². The third-order valence-corrected chi connectivity index (χ3v) is 0.855. The van der Waals surface area contributed by atoms with E-state index < -0.39 is 5.17 Å². The molecule has 0 amide bonds. The molecule has 0 aliphatic heterocycles. The van der Waals surface area contributed by atoms with Crippen molar-refractivity contribution in [3.05, 3.63) is 0 Å². The van der Waals surface area contributed by atoms with Crippen LogP contribution in [0.3, 0.4) is 0 Å². The van der Waals surface area contributed by atoms with Gasteiger partial charge >= 0.3 is 29.6 Å². The van der Waals surface area contributed by atoms with Crippen molar-refractivity contribution >= 4 is 30.2 Å². The van der Waals surface area contributed by atoms with E-state index >= 15 is 0 Å². The topological polar surface area (TPSA) is 26.3 Å². The molecule has 0 saturated carbocycles. The molecule has 0 atom stereocenters. The average Bonchev–Trinajstić information content (AvgIpc) is 1.36. The van der Waals surface area contributed by atoms with Crippen molar-refractivity contribution in [2.75, 3.05) is 7.05 Å². The molecular weight excluding hydrogens is 141 g/mol. The zero-order chi connectivity index (χ0) is 5.15. The second-order valence-corrected chi connectivity index (χ2v) is 1.74. The Bertz CT molecular complexity index is 66.7. The zero-order valence-electron chi connectivity index (χ0n) is 4.21. The van der Waals surface area contributed by atoms with Gasteiger partial charge in [0.15, 0.2) is 0 Å². The van der Waals surface area contributed by atoms with Crippen LogP contribution in [0.25, 0.3) is 0 Å². The van der Waals surface area contributed by atoms with E-state index in [1.165, 1.54) is 7.05 Å². The Morgan fingerprint density at radius 1 is 1.86 bits per heavy atom. The van der Waals surface area contributed by atoms with Crippen molar-refractivity contribution in [2.45, 2.75) is 0 Å². The molecule has 0 radical (unpaired) electrons. The van der Waals surface area contributed by atoms with E-state index in [0.29, 0.717) is 0 Å². The van der Waals surface area contributed by atoms with Crippen LogP contribution in [-0.4, -0.2) is 16.5 Å². The first-order valence-electron chi connectivity index (χ1n) is 1.28. The van der Waals surface area contributed by atoms with E-state index in [1.807, 2.05) is 0 Å². The first-order valence-corrected chi connectivity index (χ1v) is 2.09. The quantitative estimate of drug-likeness (QED) is 0.217. The van der Waals surface area contributed by atoms with Gasteiger partial charge in [0.25, 0.3) is 0 Å². The Morgan fingerprint density at radius 3 is 2.00 bits per heavy atom. The van der Waals surface area contributed by atoms with E-state index in [9.17, 15) is 5.11 Å². The van der Waals surface area contributed by atoms with E-state index in [1.54, 1.807) is 0 Å². The van der Waals surface area contributed by atoms with Crippen LogP contribution in [0.1, 0.15) is 0 Å². The minimum Gasteiger partial charge on any atom is -0.851 e. The van der Waals surface area contributed by atoms with Gasteiger partial charge in [-0.25, -0.2) is 0 Å². The molecule has 0 aromatic rings. The molecule has 0 aromatic heterocycles. The molecule has 0 aliphatic carbocycles. The monoisotopic (exact) mass is 145 g/mol. The molecule has 0 bridgehead atoms. The molecule has 0 aromatic carbocycles. The van der Waals surface area contributed by atoms with E-state index in [2.05, 4.69) is 25.0 Å². The number of nitrogens with zero attached hydrogens (tertiary/aromatic N) is 1. The maximum absolute atomic E-state index is 9.81. The third kappa shape index (κ3) is 7.04. The number of hydrogen-bond acceptors (Lipinski definition) is 3. The van der Waals surface area contributed by atoms with Gasteiger partial charge in [0.2, 0.25) is 0 Å². The fourth-order valence-corrected chi connectivity index (χ4v) is 0. The van der Waals surface area contributed by atoms with Gasteiger partial charge in [-0.3, -0.25) is 0 Å². The summed E-state index contributed by atoms with van der Waals surface area (Å²) in [7, 11) is 1.48. The minimum atomic E-state index is -0.460. The van der Waals surface area contributed by atoms with Crippen molar-refractivity contribution in [3.63, 3.8) is 0 Å². The largest absolute Gasteiger partial charge is 1.00 e. The van der Waals surface area contributed by atoms with Crippen molar-refractivity contribution in [1.29, 1.82) is 0 Å². The molecular formula is C2H4NNaOS2. The second kappa shape index (κ2) is 5.18. The molecule has 0 fully saturated rings. The van der Waals surface area contributed by atoms with Crippen LogP contribution in [0, 0.1) is 0 Å². The zero-order valence-corrected chi connectivity index (χ0v) is 7.92. The standard InChI is InChI=1S/C2H5NOS2.Na/c1-3(6)2(4)5;/h6H,1H3,(H,4,5);/q;+1/p-1. The Balaban J connectivity index is 0. The first-order chi connectivity index (χ1) is 2.64. The van der Waals surface area contributed by atoms with Crippen LogP contribution in [0.5, 0.6) is 0 Å². The SMILES string of the molecule is CN(S)C([O-])=S.[Na+]. The smallest absolute Gasteiger partial charge is 0.851 e. The number of thiocarbonyl (C=S) groups is 1. The van der Waals surface area contributed by atoms with Crippen LogP contribution in [0.4, 0.5) is 0 Å². The second-order valence-electron chi connectivity index (χ2n) is 0.790. The van der Waals surface area contributed by atoms with Gasteiger partial charge < -0.3 is 9.41 Å². The molecule has 36 valence electrons. The summed E-state index contributed by atoms with van der Waals surface area (Å²) in [6.07, 6.45) is 0. The van der Waals surface area contributed by atoms with Gasteiger partial charge in [-0.15, -0.1) is 0 Å². The molecule has 0 N–H and O–H groups in total. The summed E-state index contributed by atoms with van der Waals surface area (Å²) < 4.78 is 1.04. The normalized spacial score (nSPS) is 6.57. The van der Waals surface area contributed by atoms with Crippen molar-refractivity contribution < 1.29 is 34.7 Å². The summed E-state index contributed by atoms with van der Waals surface area (Å²) in [5.41, 5.74) is 0. The van der Waals surface area contributed by atoms with Gasteiger partial charge in [-0.1, -0.05) is 25.0 Å². The first kappa shape index (κ1) is 10.9. The van der Waals surface area contributed by atoms with Gasteiger partial charge in [0.05, 0.1) is 0 Å². The summed E-state index contributed by atoms with van der Waals surface area (Å²) in [5, 5.41) is 9.35. The minimum absolute atomic E-state index is 0. The third-order valence-electron chi connectivity index (χ3n) is 0.264. The molecule has 0 spiro atoms. The fourth-order valence-electron chi connectivity index (χ4n) is 0. The Labute approximate surface area is 75.7 Å². The number of rotatable bonds is 0. The molecule has 0 aliphatic rings. The molecule has 7 heavy (non-hydrogen) atoms. The Morgan fingerprint density at radius 2 is 2.00 bits per heavy atom. The molecule has 0 unspecified atom stereocenters. The maximum atomic E-state index is 9.81. The van der Waals surface area contributed by atoms with Gasteiger partial charge in [0.1, 0.15) is 0 Å². The summed E-state index contributed by atoms with van der Waals surface area (Å²) >= 11 is 7.69. The molecule has 5 heteroatoms. The average molecular weight is 145 g/mol. The summed E-state index contributed by atoms with van der Waals surface area (Å²) in [5.74, 6) is 0. The number of hydrogen-bond donors (Lipinski definition) is 1. The Kier molecular flexibility index (Phi) is 8.09. The van der Waals surface area contributed by atoms with Gasteiger partial charge in [-0.2, -0.15) is 0 Å². The van der Waals surface area contributed by atoms with Crippen LogP contribution < -0.4 is 34.7 Å². The van der Waals surface area contributed by atoms with E-state index in [4.69, 9.17) is 0 Å². The van der Waals surface area contributed by atoms with Crippen LogP contribution in [0.15, 0.2) is 0 Å². The molecule has 2 nitrogen and oxygen atoms in total. The van der Waals surface area contributed by atoms with Crippen LogP contribution in [-0.2, 0) is 0 Å². The van der Waals surface area contributed by atoms with Crippen molar-refractivity contribution in [3.8, 4) is 0 Å². The molecule has 0 rings (SSSR count). The van der Waals surface area contributed by atoms with E-state index in [-0.39, 0.29) is 29.6 Å². The summed E-state index contributed by atoms with van der Waals surface area (Å²) in [6, 6.07) is 0. The number of thiol groups is 1. The van der Waals surface area contributed by atoms with Crippen molar-refractivity contribution in [2.24, 2.45) is 0 Å². The van der Waals surface area contributed by atoms with Crippen LogP contribution >= 0.6 is 25.0 Å². The summed E-state index contributed by atoms with van der Waals surface area (Å²) in [4.78, 5) is 0. The maximum Gasteiger partial charge on any atom is 1.00 e. The van der Waals surface area contributed by atoms with Crippen molar-refractivity contribution in [1.82, 2.24) is 4.31 Å². The van der Waals surface area contributed by atoms with Crippen LogP contribution in [0.2, 0.25) is 0 Å². The van der Waals surface area contributed by atoms with Gasteiger partial charge in [-0.05, 0) is 0 Å². The Hall–Kier alpha value is 1.04. The summed E-state index contributed by atoms with van der Waals surface area (Å²) in [6.45, 7) is 0. The van der Waals surface area contributed by atoms with E-state index in [0.717, 1.165) is 4.31 Å². The fraction of sp³-hybridized carbons (Fsp3) is 0.500. The predicted molar refractivity (Wildman–Crippen MR) is 29.3 cm³/mol. The predicted octanol–water partition coefficient (Wildman–Crippen LogP) is -3.59. The molecule has 0 heterocycles.